The highest BCUT2D eigenvalue weighted by Gasteiger charge is 2.54. The van der Waals surface area contributed by atoms with Crippen molar-refractivity contribution in [3.63, 3.8) is 0 Å². The Kier molecular flexibility index (Phi) is 34.4. The molecule has 17 nitrogen and oxygen atoms in total. The van der Waals surface area contributed by atoms with Crippen LogP contribution in [0.1, 0.15) is 136 Å². The summed E-state index contributed by atoms with van der Waals surface area (Å²) < 4.78 is 49.2. The second kappa shape index (κ2) is 37.1. The van der Waals surface area contributed by atoms with Gasteiger partial charge < -0.3 is 49.7 Å². The first-order valence-corrected chi connectivity index (χ1v) is 26.3. The van der Waals surface area contributed by atoms with Gasteiger partial charge in [0, 0.05) is 12.8 Å². The lowest BCUT2D eigenvalue weighted by atomic mass is 9.85. The van der Waals surface area contributed by atoms with E-state index in [4.69, 9.17) is 28.3 Å². The maximum atomic E-state index is 13.0. The molecule has 8 N–H and O–H groups in total. The maximum absolute atomic E-state index is 13.0. The summed E-state index contributed by atoms with van der Waals surface area (Å²) in [6.45, 7) is 2.81. The molecule has 0 aromatic heterocycles. The fraction of sp³-hybridized carbons (Fsp3) is 0.660. The van der Waals surface area contributed by atoms with Crippen LogP contribution in [0.25, 0.3) is 0 Å². The minimum Gasteiger partial charge on any atom is -0.462 e. The number of aliphatic hydroxyl groups excluding tert-OH is 5. The third-order valence-electron chi connectivity index (χ3n) is 10.0. The zero-order valence-electron chi connectivity index (χ0n) is 38.7. The van der Waals surface area contributed by atoms with Crippen molar-refractivity contribution in [2.75, 3.05) is 13.2 Å². The van der Waals surface area contributed by atoms with Gasteiger partial charge >= 0.3 is 27.6 Å². The van der Waals surface area contributed by atoms with Gasteiger partial charge in [-0.2, -0.15) is 0 Å². The molecule has 19 heteroatoms. The van der Waals surface area contributed by atoms with E-state index in [-0.39, 0.29) is 12.8 Å². The second-order valence-corrected chi connectivity index (χ2v) is 18.5. The molecule has 0 aromatic carbocycles. The number of rotatable bonds is 37. The van der Waals surface area contributed by atoms with Crippen LogP contribution in [-0.4, -0.2) is 114 Å². The molecule has 1 aliphatic rings. The largest absolute Gasteiger partial charge is 0.472 e. The molecular formula is C47H78O17P2. The first-order valence-electron chi connectivity index (χ1n) is 23.2. The Morgan fingerprint density at radius 2 is 1.12 bits per heavy atom. The molecule has 6 unspecified atom stereocenters. The van der Waals surface area contributed by atoms with Crippen molar-refractivity contribution in [1.82, 2.24) is 0 Å². The summed E-state index contributed by atoms with van der Waals surface area (Å²) in [4.78, 5) is 54.2. The number of phosphoric ester groups is 2. The molecule has 0 bridgehead atoms. The van der Waals surface area contributed by atoms with Crippen molar-refractivity contribution in [3.8, 4) is 0 Å². The van der Waals surface area contributed by atoms with Gasteiger partial charge in [-0.15, -0.1) is 0 Å². The van der Waals surface area contributed by atoms with E-state index in [1.807, 2.05) is 12.2 Å². The molecule has 0 radical (unpaired) electrons. The van der Waals surface area contributed by atoms with Crippen LogP contribution in [0.4, 0.5) is 0 Å². The molecule has 0 spiro atoms. The van der Waals surface area contributed by atoms with Crippen LogP contribution < -0.4 is 0 Å². The van der Waals surface area contributed by atoms with Crippen molar-refractivity contribution in [2.24, 2.45) is 0 Å². The Morgan fingerprint density at radius 1 is 0.576 bits per heavy atom. The van der Waals surface area contributed by atoms with Gasteiger partial charge in [-0.3, -0.25) is 23.2 Å². The molecule has 1 saturated carbocycles. The van der Waals surface area contributed by atoms with E-state index in [0.717, 1.165) is 64.2 Å². The van der Waals surface area contributed by atoms with Crippen LogP contribution in [0, 0.1) is 0 Å². The summed E-state index contributed by atoms with van der Waals surface area (Å²) in [5, 5.41) is 51.4. The average molecular weight is 977 g/mol. The van der Waals surface area contributed by atoms with Crippen molar-refractivity contribution in [3.05, 3.63) is 85.1 Å². The lowest BCUT2D eigenvalue weighted by molar-refractivity contribution is -0.216. The summed E-state index contributed by atoms with van der Waals surface area (Å²) in [6, 6.07) is 0. The van der Waals surface area contributed by atoms with E-state index in [9.17, 15) is 49.1 Å². The normalized spacial score (nSPS) is 22.8. The van der Waals surface area contributed by atoms with Crippen molar-refractivity contribution >= 4 is 27.6 Å². The number of hydrogen-bond donors (Lipinski definition) is 8. The maximum Gasteiger partial charge on any atom is 0.472 e. The standard InChI is InChI=1S/C47H78O17P2/c1-3-5-7-9-11-13-14-15-16-17-18-20-22-26-30-34-40(49)60-36-39(37-61-66(58,59)64-47-44(53)42(51)43(52)46(45(47)54)63-65(55,56)57)62-41(50)35-31-27-23-25-29-33-38(48)32-28-24-21-19-12-10-8-6-4-2/h5,7,11-13,15-16,19,23-25,28-29,33,38-39,42-48,51-54H,3-4,6,8-10,14,17-18,20-22,26-27,30-32,34-37H2,1-2H3,(H,58,59)(H2,55,56,57)/b7-5-,13-11-,16-15-,19-12-,25-23+,28-24-,33-29-/t38?,39-,42?,43?,44?,45?,46-,47+/m1/s1. The summed E-state index contributed by atoms with van der Waals surface area (Å²) in [6.07, 6.45) is 27.1. The van der Waals surface area contributed by atoms with E-state index in [2.05, 4.69) is 67.0 Å². The zero-order chi connectivity index (χ0) is 49.1. The molecule has 0 heterocycles. The van der Waals surface area contributed by atoms with E-state index < -0.39 is 89.6 Å². The van der Waals surface area contributed by atoms with Crippen LogP contribution in [-0.2, 0) is 41.8 Å². The van der Waals surface area contributed by atoms with Crippen LogP contribution in [0.15, 0.2) is 85.1 Å². The number of carbonyl (C=O) groups is 2. The SMILES string of the molecule is CC/C=C\C/C=C\C/C=C\CCCCCCCC(=O)OC[C@H](COP(=O)(O)O[C@H]1C(O)C(O)C(O)[C@@H](OP(=O)(O)O)C1O)OC(=O)CCC/C=C/C=C\C(O)C/C=C\C/C=C\CCCCC. The van der Waals surface area contributed by atoms with E-state index in [0.29, 0.717) is 25.7 Å². The Morgan fingerprint density at radius 3 is 1.76 bits per heavy atom. The molecule has 1 rings (SSSR count). The van der Waals surface area contributed by atoms with Gasteiger partial charge in [-0.05, 0) is 77.0 Å². The molecule has 1 fully saturated rings. The van der Waals surface area contributed by atoms with Crippen molar-refractivity contribution < 1.29 is 82.0 Å². The lowest BCUT2D eigenvalue weighted by Gasteiger charge is -2.43. The molecule has 9 atom stereocenters. The molecule has 66 heavy (non-hydrogen) atoms. The molecule has 378 valence electrons. The number of esters is 2. The second-order valence-electron chi connectivity index (χ2n) is 15.9. The number of carbonyl (C=O) groups excluding carboxylic acids is 2. The highest BCUT2D eigenvalue weighted by molar-refractivity contribution is 7.47. The van der Waals surface area contributed by atoms with Gasteiger partial charge in [0.2, 0.25) is 0 Å². The van der Waals surface area contributed by atoms with Gasteiger partial charge in [-0.25, -0.2) is 9.13 Å². The molecule has 0 amide bonds. The number of allylic oxidation sites excluding steroid dienone is 12. The Labute approximate surface area is 391 Å². The van der Waals surface area contributed by atoms with E-state index in [1.54, 1.807) is 24.3 Å². The fourth-order valence-electron chi connectivity index (χ4n) is 6.41. The highest BCUT2D eigenvalue weighted by Crippen LogP contribution is 2.49. The number of aliphatic hydroxyl groups is 5. The Balaban J connectivity index is 2.70. The van der Waals surface area contributed by atoms with Gasteiger partial charge in [-0.1, -0.05) is 131 Å². The minimum absolute atomic E-state index is 0.0671. The van der Waals surface area contributed by atoms with Crippen LogP contribution in [0.2, 0.25) is 0 Å². The van der Waals surface area contributed by atoms with Gasteiger partial charge in [0.1, 0.15) is 43.2 Å². The monoisotopic (exact) mass is 976 g/mol. The fourth-order valence-corrected chi connectivity index (χ4v) is 7.94. The molecule has 0 aliphatic heterocycles. The predicted molar refractivity (Wildman–Crippen MR) is 251 cm³/mol. The van der Waals surface area contributed by atoms with Crippen molar-refractivity contribution in [1.29, 1.82) is 0 Å². The highest BCUT2D eigenvalue weighted by atomic mass is 31.2. The Hall–Kier alpha value is -2.86. The lowest BCUT2D eigenvalue weighted by Crippen LogP contribution is -2.64. The van der Waals surface area contributed by atoms with Crippen LogP contribution in [0.3, 0.4) is 0 Å². The van der Waals surface area contributed by atoms with Gasteiger partial charge in [0.05, 0.1) is 12.7 Å². The quantitative estimate of drug-likeness (QED) is 0.00979. The topological polar surface area (TPSA) is 276 Å². The molecule has 0 saturated heterocycles. The Bertz CT molecular complexity index is 1620. The smallest absolute Gasteiger partial charge is 0.462 e. The van der Waals surface area contributed by atoms with Gasteiger partial charge in [0.15, 0.2) is 6.10 Å². The number of ether oxygens (including phenoxy) is 2. The molecule has 1 aliphatic carbocycles. The van der Waals surface area contributed by atoms with Gasteiger partial charge in [0.25, 0.3) is 0 Å². The molecular weight excluding hydrogens is 898 g/mol. The first-order chi connectivity index (χ1) is 31.5. The summed E-state index contributed by atoms with van der Waals surface area (Å²) in [5.41, 5.74) is 0. The number of unbranched alkanes of at least 4 members (excludes halogenated alkanes) is 9. The predicted octanol–water partition coefficient (Wildman–Crippen LogP) is 7.58. The first kappa shape index (κ1) is 61.2. The summed E-state index contributed by atoms with van der Waals surface area (Å²) in [7, 11) is -10.7. The summed E-state index contributed by atoms with van der Waals surface area (Å²) >= 11 is 0. The van der Waals surface area contributed by atoms with Crippen molar-refractivity contribution in [2.45, 2.75) is 185 Å². The average Bonchev–Trinajstić information content (AvgIpc) is 3.27. The number of hydrogen-bond acceptors (Lipinski definition) is 14. The van der Waals surface area contributed by atoms with E-state index >= 15 is 0 Å². The van der Waals surface area contributed by atoms with E-state index in [1.165, 1.54) is 19.3 Å². The third kappa shape index (κ3) is 31.2. The van der Waals surface area contributed by atoms with Crippen LogP contribution >= 0.6 is 15.6 Å². The molecule has 0 aromatic rings. The zero-order valence-corrected chi connectivity index (χ0v) is 40.5. The summed E-state index contributed by atoms with van der Waals surface area (Å²) in [5.74, 6) is -1.36. The van der Waals surface area contributed by atoms with Crippen LogP contribution in [0.5, 0.6) is 0 Å². The minimum atomic E-state index is -5.39. The third-order valence-corrected chi connectivity index (χ3v) is 11.5. The number of phosphoric acid groups is 2.